The van der Waals surface area contributed by atoms with Crippen molar-refractivity contribution < 1.29 is 31.9 Å². The van der Waals surface area contributed by atoms with Crippen LogP contribution in [-0.2, 0) is 32.4 Å². The Morgan fingerprint density at radius 1 is 1.00 bits per heavy atom. The van der Waals surface area contributed by atoms with Gasteiger partial charge < -0.3 is 19.2 Å². The first-order valence-corrected chi connectivity index (χ1v) is 12.0. The van der Waals surface area contributed by atoms with Crippen LogP contribution in [0.3, 0.4) is 0 Å². The minimum absolute atomic E-state index is 0.0897. The lowest BCUT2D eigenvalue weighted by Crippen LogP contribution is -2.24. The highest BCUT2D eigenvalue weighted by Crippen LogP contribution is 2.31. The van der Waals surface area contributed by atoms with Gasteiger partial charge >= 0.3 is 6.18 Å². The minimum atomic E-state index is -4.46. The molecule has 2 aromatic carbocycles. The number of amides is 1. The number of nitrogens with zero attached hydrogens (tertiary/aromatic N) is 3. The van der Waals surface area contributed by atoms with Crippen molar-refractivity contribution in [2.24, 2.45) is 0 Å². The van der Waals surface area contributed by atoms with E-state index in [4.69, 9.17) is 13.9 Å². The molecule has 0 radical (unpaired) electrons. The number of methoxy groups -OCH3 is 2. The number of hydrogen-bond acceptors (Lipinski definition) is 7. The Hall–Kier alpha value is -4.38. The van der Waals surface area contributed by atoms with E-state index >= 15 is 0 Å². The first kappa shape index (κ1) is 27.6. The SMILES string of the molecule is COc1ccc(OC)c(CN(Cc2cccc(C(F)(F)F)c2)Cc2nc(C(=O)NCc3cccnc3)co2)c1. The Bertz CT molecular complexity index is 1390. The van der Waals surface area contributed by atoms with E-state index < -0.39 is 17.6 Å². The molecule has 0 saturated carbocycles. The topological polar surface area (TPSA) is 89.7 Å². The molecule has 0 aliphatic rings. The number of rotatable bonds is 11. The summed E-state index contributed by atoms with van der Waals surface area (Å²) in [4.78, 5) is 22.7. The zero-order valence-corrected chi connectivity index (χ0v) is 21.4. The van der Waals surface area contributed by atoms with Crippen LogP contribution in [0.15, 0.2) is 77.7 Å². The van der Waals surface area contributed by atoms with Gasteiger partial charge in [-0.05, 0) is 41.5 Å². The van der Waals surface area contributed by atoms with Crippen LogP contribution < -0.4 is 14.8 Å². The van der Waals surface area contributed by atoms with E-state index in [9.17, 15) is 18.0 Å². The van der Waals surface area contributed by atoms with Crippen LogP contribution in [0, 0.1) is 0 Å². The van der Waals surface area contributed by atoms with Crippen molar-refractivity contribution in [3.63, 3.8) is 0 Å². The molecule has 0 saturated heterocycles. The Kier molecular flexibility index (Phi) is 8.82. The first-order valence-electron chi connectivity index (χ1n) is 12.0. The van der Waals surface area contributed by atoms with Gasteiger partial charge in [0.15, 0.2) is 5.69 Å². The highest BCUT2D eigenvalue weighted by Gasteiger charge is 2.30. The van der Waals surface area contributed by atoms with Crippen LogP contribution in [0.5, 0.6) is 11.5 Å². The molecule has 2 aromatic heterocycles. The highest BCUT2D eigenvalue weighted by atomic mass is 19.4. The van der Waals surface area contributed by atoms with Gasteiger partial charge in [0, 0.05) is 37.6 Å². The molecule has 0 aliphatic heterocycles. The van der Waals surface area contributed by atoms with E-state index in [1.165, 1.54) is 19.4 Å². The van der Waals surface area contributed by atoms with Crippen LogP contribution in [-0.4, -0.2) is 35.0 Å². The number of ether oxygens (including phenoxy) is 2. The predicted octanol–water partition coefficient (Wildman–Crippen LogP) is 5.24. The fourth-order valence-corrected chi connectivity index (χ4v) is 3.97. The summed E-state index contributed by atoms with van der Waals surface area (Å²) in [5.74, 6) is 1.00. The lowest BCUT2D eigenvalue weighted by Gasteiger charge is -2.23. The lowest BCUT2D eigenvalue weighted by atomic mass is 10.1. The number of carbonyl (C=O) groups excluding carboxylic acids is 1. The van der Waals surface area contributed by atoms with E-state index in [1.807, 2.05) is 11.0 Å². The van der Waals surface area contributed by atoms with Crippen LogP contribution in [0.4, 0.5) is 13.2 Å². The van der Waals surface area contributed by atoms with Gasteiger partial charge in [-0.15, -0.1) is 0 Å². The number of pyridine rings is 1. The van der Waals surface area contributed by atoms with E-state index in [2.05, 4.69) is 15.3 Å². The van der Waals surface area contributed by atoms with Gasteiger partial charge in [0.2, 0.25) is 5.89 Å². The molecule has 4 rings (SSSR count). The molecule has 0 bridgehead atoms. The van der Waals surface area contributed by atoms with Gasteiger partial charge in [-0.25, -0.2) is 4.98 Å². The molecule has 0 spiro atoms. The van der Waals surface area contributed by atoms with Crippen molar-refractivity contribution in [2.45, 2.75) is 32.4 Å². The van der Waals surface area contributed by atoms with Gasteiger partial charge in [-0.3, -0.25) is 14.7 Å². The number of nitrogens with one attached hydrogen (secondary N) is 1. The molecule has 8 nitrogen and oxygen atoms in total. The summed E-state index contributed by atoms with van der Waals surface area (Å²) in [6.45, 7) is 0.815. The second-order valence-corrected chi connectivity index (χ2v) is 8.69. The molecule has 11 heteroatoms. The Labute approximate surface area is 223 Å². The van der Waals surface area contributed by atoms with E-state index in [0.29, 0.717) is 17.1 Å². The summed E-state index contributed by atoms with van der Waals surface area (Å²) in [5, 5.41) is 2.76. The molecule has 204 valence electrons. The highest BCUT2D eigenvalue weighted by molar-refractivity contribution is 5.91. The molecule has 39 heavy (non-hydrogen) atoms. The number of alkyl halides is 3. The Balaban J connectivity index is 1.54. The summed E-state index contributed by atoms with van der Waals surface area (Å²) in [6, 6.07) is 14.1. The largest absolute Gasteiger partial charge is 0.497 e. The zero-order valence-electron chi connectivity index (χ0n) is 21.4. The van der Waals surface area contributed by atoms with Crippen LogP contribution in [0.2, 0.25) is 0 Å². The standard InChI is InChI=1S/C28H27F3N4O4/c1-37-23-8-9-25(38-2)21(12-23)16-35(15-19-5-3-7-22(11-19)28(29,30)31)17-26-34-24(18-39-26)27(36)33-14-20-6-4-10-32-13-20/h3-13,18H,14-17H2,1-2H3,(H,33,36). The zero-order chi connectivity index (χ0) is 27.8. The Morgan fingerprint density at radius 2 is 1.82 bits per heavy atom. The number of benzene rings is 2. The van der Waals surface area contributed by atoms with Crippen molar-refractivity contribution >= 4 is 5.91 Å². The fourth-order valence-electron chi connectivity index (χ4n) is 3.97. The fraction of sp³-hybridized carbons (Fsp3) is 0.250. The summed E-state index contributed by atoms with van der Waals surface area (Å²) >= 11 is 0. The molecule has 0 fully saturated rings. The lowest BCUT2D eigenvalue weighted by molar-refractivity contribution is -0.137. The summed E-state index contributed by atoms with van der Waals surface area (Å²) in [5.41, 5.74) is 1.39. The quantitative estimate of drug-likeness (QED) is 0.278. The molecular formula is C28H27F3N4O4. The third-order valence-electron chi connectivity index (χ3n) is 5.86. The second kappa shape index (κ2) is 12.4. The van der Waals surface area contributed by atoms with E-state index in [0.717, 1.165) is 23.3 Å². The number of carbonyl (C=O) groups is 1. The molecule has 0 aliphatic carbocycles. The van der Waals surface area contributed by atoms with Gasteiger partial charge in [0.05, 0.1) is 26.3 Å². The molecule has 0 atom stereocenters. The van der Waals surface area contributed by atoms with Gasteiger partial charge in [0.1, 0.15) is 17.8 Å². The smallest absolute Gasteiger partial charge is 0.416 e. The van der Waals surface area contributed by atoms with Crippen molar-refractivity contribution in [2.75, 3.05) is 14.2 Å². The van der Waals surface area contributed by atoms with Crippen molar-refractivity contribution in [1.29, 1.82) is 0 Å². The average Bonchev–Trinajstić information content (AvgIpc) is 3.40. The number of hydrogen-bond donors (Lipinski definition) is 1. The molecule has 4 aromatic rings. The van der Waals surface area contributed by atoms with Crippen LogP contribution in [0.25, 0.3) is 0 Å². The minimum Gasteiger partial charge on any atom is -0.497 e. The molecule has 1 N–H and O–H groups in total. The Morgan fingerprint density at radius 3 is 2.54 bits per heavy atom. The van der Waals surface area contributed by atoms with Gasteiger partial charge in [-0.1, -0.05) is 24.3 Å². The third-order valence-corrected chi connectivity index (χ3v) is 5.86. The molecule has 2 heterocycles. The third kappa shape index (κ3) is 7.57. The maximum Gasteiger partial charge on any atom is 0.416 e. The number of oxazole rings is 1. The maximum absolute atomic E-state index is 13.3. The normalized spacial score (nSPS) is 11.4. The van der Waals surface area contributed by atoms with Gasteiger partial charge in [0.25, 0.3) is 5.91 Å². The monoisotopic (exact) mass is 540 g/mol. The molecular weight excluding hydrogens is 513 g/mol. The van der Waals surface area contributed by atoms with Crippen molar-refractivity contribution in [3.05, 3.63) is 107 Å². The van der Waals surface area contributed by atoms with Crippen molar-refractivity contribution in [3.8, 4) is 11.5 Å². The second-order valence-electron chi connectivity index (χ2n) is 8.69. The average molecular weight is 541 g/mol. The number of aromatic nitrogens is 2. The maximum atomic E-state index is 13.3. The van der Waals surface area contributed by atoms with Crippen LogP contribution >= 0.6 is 0 Å². The number of halogens is 3. The molecule has 1 amide bonds. The summed E-state index contributed by atoms with van der Waals surface area (Å²) in [7, 11) is 3.08. The first-order chi connectivity index (χ1) is 18.7. The summed E-state index contributed by atoms with van der Waals surface area (Å²) < 4.78 is 56.3. The van der Waals surface area contributed by atoms with Gasteiger partial charge in [-0.2, -0.15) is 13.2 Å². The van der Waals surface area contributed by atoms with E-state index in [1.54, 1.807) is 49.8 Å². The molecule has 0 unspecified atom stereocenters. The van der Waals surface area contributed by atoms with E-state index in [-0.39, 0.29) is 37.8 Å². The van der Waals surface area contributed by atoms with Crippen LogP contribution in [0.1, 0.15) is 38.6 Å². The summed E-state index contributed by atoms with van der Waals surface area (Å²) in [6.07, 6.45) is 0.0779. The van der Waals surface area contributed by atoms with Crippen molar-refractivity contribution in [1.82, 2.24) is 20.2 Å². The predicted molar refractivity (Wildman–Crippen MR) is 136 cm³/mol.